The average Bonchev–Trinajstić information content (AvgIpc) is 3.73. The molecule has 2 aromatic carbocycles. The normalized spacial score (nSPS) is 20.8. The number of carbonyl (C=O) groups is 2. The van der Waals surface area contributed by atoms with E-state index in [0.29, 0.717) is 16.4 Å². The molecule has 1 heterocycles. The minimum atomic E-state index is -4.74. The van der Waals surface area contributed by atoms with Gasteiger partial charge in [0.2, 0.25) is 11.8 Å². The molecule has 14 heteroatoms. The number of nitrogens with zero attached hydrogens (tertiary/aromatic N) is 1. The third-order valence-electron chi connectivity index (χ3n) is 7.70. The number of quaternary nitrogens is 1. The molecule has 0 spiro atoms. The maximum atomic E-state index is 13.6. The standard InChI is InChI=1S/C28H31ClF6N4O3/c29-17-3-1-4-18(13-17)38-15-24(39(42)14-22-19(16-7-8-16)5-2-6-23(22)38)37-26(41)21(10-12-28(33,34)35)20(25(36)40)9-11-27(30,31)32/h1-6,13,16,20-21,24,39H,7-12,14-15H2,(H2,36,40)(H,37,41). The van der Waals surface area contributed by atoms with Crippen molar-refractivity contribution in [2.75, 3.05) is 11.4 Å². The number of nitrogens with one attached hydrogen (secondary N) is 2. The molecule has 1 aliphatic carbocycles. The van der Waals surface area contributed by atoms with E-state index in [-0.39, 0.29) is 19.0 Å². The molecule has 0 bridgehead atoms. The smallest absolute Gasteiger partial charge is 0.389 e. The van der Waals surface area contributed by atoms with E-state index < -0.39 is 72.9 Å². The zero-order valence-electron chi connectivity index (χ0n) is 22.4. The summed E-state index contributed by atoms with van der Waals surface area (Å²) >= 11 is 6.23. The summed E-state index contributed by atoms with van der Waals surface area (Å²) in [5.74, 6) is -5.83. The van der Waals surface area contributed by atoms with Crippen molar-refractivity contribution >= 4 is 34.8 Å². The lowest BCUT2D eigenvalue weighted by atomic mass is 9.83. The molecule has 2 aliphatic rings. The van der Waals surface area contributed by atoms with Gasteiger partial charge in [0.1, 0.15) is 6.54 Å². The Morgan fingerprint density at radius 1 is 1.02 bits per heavy atom. The monoisotopic (exact) mass is 620 g/mol. The number of hydrogen-bond donors (Lipinski definition) is 3. The van der Waals surface area contributed by atoms with Crippen LogP contribution in [-0.2, 0) is 16.1 Å². The Kier molecular flexibility index (Phi) is 9.63. The molecular formula is C28H31ClF6N4O3. The van der Waals surface area contributed by atoms with Crippen molar-refractivity contribution in [2.45, 2.75) is 69.5 Å². The Morgan fingerprint density at radius 3 is 2.21 bits per heavy atom. The zero-order valence-corrected chi connectivity index (χ0v) is 23.2. The van der Waals surface area contributed by atoms with Gasteiger partial charge in [0.15, 0.2) is 6.17 Å². The minimum absolute atomic E-state index is 0.0788. The molecule has 42 heavy (non-hydrogen) atoms. The number of alkyl halides is 6. The highest BCUT2D eigenvalue weighted by molar-refractivity contribution is 6.30. The van der Waals surface area contributed by atoms with Gasteiger partial charge >= 0.3 is 12.4 Å². The fraction of sp³-hybridized carbons (Fsp3) is 0.500. The predicted octanol–water partition coefficient (Wildman–Crippen LogP) is 5.10. The number of amides is 2. The molecule has 4 rings (SSSR count). The molecule has 230 valence electrons. The molecule has 7 nitrogen and oxygen atoms in total. The number of carbonyl (C=O) groups excluding carboxylic acids is 2. The highest BCUT2D eigenvalue weighted by atomic mass is 35.5. The van der Waals surface area contributed by atoms with Crippen molar-refractivity contribution < 1.29 is 41.0 Å². The highest BCUT2D eigenvalue weighted by Crippen LogP contribution is 2.45. The lowest BCUT2D eigenvalue weighted by Crippen LogP contribution is -3.13. The van der Waals surface area contributed by atoms with E-state index >= 15 is 0 Å². The van der Waals surface area contributed by atoms with Crippen molar-refractivity contribution in [1.82, 2.24) is 5.32 Å². The van der Waals surface area contributed by atoms with Gasteiger partial charge in [0, 0.05) is 35.0 Å². The van der Waals surface area contributed by atoms with Crippen LogP contribution in [0.4, 0.5) is 37.7 Å². The molecule has 2 aromatic rings. The van der Waals surface area contributed by atoms with Gasteiger partial charge in [0.05, 0.1) is 18.2 Å². The first-order valence-corrected chi connectivity index (χ1v) is 13.9. The Morgan fingerprint density at radius 2 is 1.64 bits per heavy atom. The molecule has 1 saturated carbocycles. The Balaban J connectivity index is 1.66. The number of hydrogen-bond acceptors (Lipinski definition) is 4. The molecule has 0 radical (unpaired) electrons. The van der Waals surface area contributed by atoms with Crippen LogP contribution in [0.15, 0.2) is 42.5 Å². The van der Waals surface area contributed by atoms with E-state index in [9.17, 15) is 41.1 Å². The van der Waals surface area contributed by atoms with Gasteiger partial charge in [-0.15, -0.1) is 0 Å². The molecule has 1 fully saturated rings. The van der Waals surface area contributed by atoms with E-state index in [2.05, 4.69) is 5.32 Å². The van der Waals surface area contributed by atoms with Crippen molar-refractivity contribution in [1.29, 1.82) is 0 Å². The van der Waals surface area contributed by atoms with Crippen LogP contribution in [0.5, 0.6) is 0 Å². The van der Waals surface area contributed by atoms with E-state index in [1.165, 1.54) is 0 Å². The lowest BCUT2D eigenvalue weighted by Gasteiger charge is -2.34. The molecule has 2 amide bonds. The third-order valence-corrected chi connectivity index (χ3v) is 7.94. The number of primary amides is 1. The molecule has 0 saturated heterocycles. The molecule has 0 aromatic heterocycles. The van der Waals surface area contributed by atoms with Crippen LogP contribution in [0, 0.1) is 17.0 Å². The molecule has 4 N–H and O–H groups in total. The summed E-state index contributed by atoms with van der Waals surface area (Å²) in [5, 5.41) is 16.0. The maximum Gasteiger partial charge on any atom is 0.389 e. The minimum Gasteiger partial charge on any atom is -0.632 e. The van der Waals surface area contributed by atoms with E-state index in [1.54, 1.807) is 29.2 Å². The zero-order chi connectivity index (χ0) is 30.8. The first kappa shape index (κ1) is 31.9. The van der Waals surface area contributed by atoms with Gasteiger partial charge < -0.3 is 26.2 Å². The van der Waals surface area contributed by atoms with E-state index in [4.69, 9.17) is 17.3 Å². The summed E-state index contributed by atoms with van der Waals surface area (Å²) in [6.07, 6.45) is -13.8. The second-order valence-electron chi connectivity index (χ2n) is 10.8. The fourth-order valence-electron chi connectivity index (χ4n) is 5.48. The van der Waals surface area contributed by atoms with Gasteiger partial charge in [-0.25, -0.2) is 0 Å². The molecular weight excluding hydrogens is 590 g/mol. The van der Waals surface area contributed by atoms with Gasteiger partial charge in [-0.05, 0) is 61.4 Å². The van der Waals surface area contributed by atoms with Crippen molar-refractivity contribution in [3.05, 3.63) is 63.8 Å². The molecule has 4 unspecified atom stereocenters. The number of anilines is 2. The SMILES string of the molecule is NC(=O)C(CCC(F)(F)F)C(CCC(F)(F)F)C(=O)NC1CN(c2cccc(Cl)c2)c2cccc(C3CC3)c2C[NH+]1[O-]. The van der Waals surface area contributed by atoms with Crippen LogP contribution in [0.3, 0.4) is 0 Å². The first-order valence-electron chi connectivity index (χ1n) is 13.5. The van der Waals surface area contributed by atoms with Crippen LogP contribution >= 0.6 is 11.6 Å². The van der Waals surface area contributed by atoms with Crippen LogP contribution in [0.2, 0.25) is 5.02 Å². The lowest BCUT2D eigenvalue weighted by molar-refractivity contribution is -0.889. The Bertz CT molecular complexity index is 1290. The summed E-state index contributed by atoms with van der Waals surface area (Å²) < 4.78 is 78.2. The summed E-state index contributed by atoms with van der Waals surface area (Å²) in [5.41, 5.74) is 8.35. The number of halogens is 7. The van der Waals surface area contributed by atoms with Crippen LogP contribution in [-0.4, -0.2) is 36.9 Å². The third kappa shape index (κ3) is 8.29. The summed E-state index contributed by atoms with van der Waals surface area (Å²) in [7, 11) is 0. The maximum absolute atomic E-state index is 13.6. The molecule has 1 aliphatic heterocycles. The van der Waals surface area contributed by atoms with Gasteiger partial charge in [-0.3, -0.25) is 9.59 Å². The van der Waals surface area contributed by atoms with Crippen molar-refractivity contribution in [3.8, 4) is 0 Å². The van der Waals surface area contributed by atoms with E-state index in [1.807, 2.05) is 18.2 Å². The Labute approximate surface area is 243 Å². The second kappa shape index (κ2) is 12.7. The average molecular weight is 621 g/mol. The number of hydroxylamine groups is 2. The van der Waals surface area contributed by atoms with Crippen LogP contribution in [0.25, 0.3) is 0 Å². The highest BCUT2D eigenvalue weighted by Gasteiger charge is 2.41. The summed E-state index contributed by atoms with van der Waals surface area (Å²) in [6.45, 7) is -0.202. The summed E-state index contributed by atoms with van der Waals surface area (Å²) in [4.78, 5) is 27.4. The van der Waals surface area contributed by atoms with Gasteiger partial charge in [-0.1, -0.05) is 29.8 Å². The predicted molar refractivity (Wildman–Crippen MR) is 144 cm³/mol. The number of rotatable bonds is 10. The van der Waals surface area contributed by atoms with Crippen LogP contribution in [0.1, 0.15) is 55.6 Å². The topological polar surface area (TPSA) is 103 Å². The number of nitrogens with two attached hydrogens (primary N) is 1. The second-order valence-corrected chi connectivity index (χ2v) is 11.3. The largest absolute Gasteiger partial charge is 0.632 e. The van der Waals surface area contributed by atoms with Gasteiger partial charge in [0.25, 0.3) is 0 Å². The first-order chi connectivity index (χ1) is 19.6. The molecule has 4 atom stereocenters. The summed E-state index contributed by atoms with van der Waals surface area (Å²) in [6, 6.07) is 12.4. The van der Waals surface area contributed by atoms with Crippen molar-refractivity contribution in [2.24, 2.45) is 17.6 Å². The fourth-order valence-corrected chi connectivity index (χ4v) is 5.67. The van der Waals surface area contributed by atoms with Crippen LogP contribution < -0.4 is 21.0 Å². The Hall–Kier alpha value is -3.03. The van der Waals surface area contributed by atoms with Crippen molar-refractivity contribution in [3.63, 3.8) is 0 Å². The van der Waals surface area contributed by atoms with E-state index in [0.717, 1.165) is 24.0 Å². The number of fused-ring (bicyclic) bond motifs is 1. The number of benzene rings is 2. The quantitative estimate of drug-likeness (QED) is 0.254. The van der Waals surface area contributed by atoms with Gasteiger partial charge in [-0.2, -0.15) is 26.3 Å².